The fraction of sp³-hybridized carbons (Fsp3) is 0.500. The highest BCUT2D eigenvalue weighted by molar-refractivity contribution is 7.20. The topological polar surface area (TPSA) is 70.4 Å². The third-order valence-electron chi connectivity index (χ3n) is 4.24. The van der Waals surface area contributed by atoms with Gasteiger partial charge in [-0.3, -0.25) is 4.79 Å². The molecule has 2 unspecified atom stereocenters. The SMILES string of the molecule is O=C(c1nc2ccccc2s1)C(O)CC[C@@H]1CCCC1O. The van der Waals surface area contributed by atoms with Gasteiger partial charge in [-0.25, -0.2) is 4.98 Å². The molecule has 0 radical (unpaired) electrons. The number of fused-ring (bicyclic) bond motifs is 1. The minimum atomic E-state index is -1.02. The van der Waals surface area contributed by atoms with Crippen LogP contribution in [0.4, 0.5) is 0 Å². The number of carbonyl (C=O) groups excluding carboxylic acids is 1. The highest BCUT2D eigenvalue weighted by atomic mass is 32.1. The summed E-state index contributed by atoms with van der Waals surface area (Å²) in [7, 11) is 0. The van der Waals surface area contributed by atoms with E-state index in [-0.39, 0.29) is 17.8 Å². The lowest BCUT2D eigenvalue weighted by Crippen LogP contribution is -2.23. The van der Waals surface area contributed by atoms with Crippen molar-refractivity contribution in [1.82, 2.24) is 4.98 Å². The number of Topliss-reactive ketones (excluding diaryl/α,β-unsaturated/α-hetero) is 1. The van der Waals surface area contributed by atoms with Crippen molar-refractivity contribution in [3.05, 3.63) is 29.3 Å². The van der Waals surface area contributed by atoms with Crippen LogP contribution >= 0.6 is 11.3 Å². The van der Waals surface area contributed by atoms with Crippen LogP contribution in [0.25, 0.3) is 10.2 Å². The van der Waals surface area contributed by atoms with Crippen molar-refractivity contribution in [2.45, 2.75) is 44.3 Å². The van der Waals surface area contributed by atoms with Crippen LogP contribution in [0.5, 0.6) is 0 Å². The number of ketones is 1. The summed E-state index contributed by atoms with van der Waals surface area (Å²) in [5.41, 5.74) is 0.796. The van der Waals surface area contributed by atoms with Gasteiger partial charge in [0.1, 0.15) is 6.10 Å². The highest BCUT2D eigenvalue weighted by Crippen LogP contribution is 2.30. The number of benzene rings is 1. The first-order chi connectivity index (χ1) is 10.1. The summed E-state index contributed by atoms with van der Waals surface area (Å²) in [5.74, 6) is -0.0773. The highest BCUT2D eigenvalue weighted by Gasteiger charge is 2.27. The molecule has 1 fully saturated rings. The second-order valence-electron chi connectivity index (χ2n) is 5.70. The Kier molecular flexibility index (Phi) is 4.33. The van der Waals surface area contributed by atoms with Crippen molar-refractivity contribution in [2.75, 3.05) is 0 Å². The second-order valence-corrected chi connectivity index (χ2v) is 6.73. The van der Waals surface area contributed by atoms with Crippen LogP contribution in [0.3, 0.4) is 0 Å². The molecule has 2 aromatic rings. The summed E-state index contributed by atoms with van der Waals surface area (Å²) in [6.07, 6.45) is 2.67. The van der Waals surface area contributed by atoms with Crippen LogP contribution in [0, 0.1) is 5.92 Å². The molecule has 0 saturated heterocycles. The van der Waals surface area contributed by atoms with Crippen molar-refractivity contribution in [3.8, 4) is 0 Å². The number of aliphatic hydroxyl groups excluding tert-OH is 2. The molecule has 0 amide bonds. The van der Waals surface area contributed by atoms with Crippen LogP contribution in [0.2, 0.25) is 0 Å². The number of nitrogens with zero attached hydrogens (tertiary/aromatic N) is 1. The quantitative estimate of drug-likeness (QED) is 0.833. The average Bonchev–Trinajstić information content (AvgIpc) is 3.09. The molecule has 1 aromatic heterocycles. The van der Waals surface area contributed by atoms with Gasteiger partial charge in [0, 0.05) is 0 Å². The average molecular weight is 305 g/mol. The van der Waals surface area contributed by atoms with Crippen LogP contribution in [0.1, 0.15) is 41.9 Å². The second kappa shape index (κ2) is 6.22. The van der Waals surface area contributed by atoms with Gasteiger partial charge < -0.3 is 10.2 Å². The van der Waals surface area contributed by atoms with Gasteiger partial charge in [-0.2, -0.15) is 0 Å². The van der Waals surface area contributed by atoms with E-state index in [1.54, 1.807) is 0 Å². The van der Waals surface area contributed by atoms with E-state index in [2.05, 4.69) is 4.98 Å². The van der Waals surface area contributed by atoms with Crippen LogP contribution in [-0.4, -0.2) is 33.2 Å². The van der Waals surface area contributed by atoms with E-state index in [4.69, 9.17) is 0 Å². The number of aromatic nitrogens is 1. The van der Waals surface area contributed by atoms with Gasteiger partial charge in [0.2, 0.25) is 5.78 Å². The van der Waals surface area contributed by atoms with Crippen molar-refractivity contribution in [3.63, 3.8) is 0 Å². The Balaban J connectivity index is 1.63. The first-order valence-electron chi connectivity index (χ1n) is 7.41. The molecule has 1 aliphatic rings. The van der Waals surface area contributed by atoms with E-state index in [0.717, 1.165) is 29.5 Å². The molecule has 3 rings (SSSR count). The lowest BCUT2D eigenvalue weighted by molar-refractivity contribution is 0.0678. The van der Waals surface area contributed by atoms with Gasteiger partial charge in [0.05, 0.1) is 16.3 Å². The Morgan fingerprint density at radius 2 is 2.19 bits per heavy atom. The Morgan fingerprint density at radius 1 is 1.38 bits per heavy atom. The monoisotopic (exact) mass is 305 g/mol. The van der Waals surface area contributed by atoms with Crippen molar-refractivity contribution < 1.29 is 15.0 Å². The minimum absolute atomic E-state index is 0.225. The predicted octanol–water partition coefficient (Wildman–Crippen LogP) is 2.78. The summed E-state index contributed by atoms with van der Waals surface area (Å²) < 4.78 is 0.958. The van der Waals surface area contributed by atoms with Crippen LogP contribution in [-0.2, 0) is 0 Å². The molecular weight excluding hydrogens is 286 g/mol. The molecular formula is C16H19NO3S. The fourth-order valence-electron chi connectivity index (χ4n) is 2.98. The van der Waals surface area contributed by atoms with E-state index in [9.17, 15) is 15.0 Å². The molecule has 112 valence electrons. The summed E-state index contributed by atoms with van der Waals surface area (Å²) in [5, 5.41) is 20.2. The maximum Gasteiger partial charge on any atom is 0.219 e. The van der Waals surface area contributed by atoms with E-state index in [1.165, 1.54) is 11.3 Å². The first-order valence-corrected chi connectivity index (χ1v) is 8.22. The standard InChI is InChI=1S/C16H19NO3S/c18-12-6-3-4-10(12)8-9-13(19)15(20)16-17-11-5-1-2-7-14(11)21-16/h1-2,5,7,10,12-13,18-19H,3-4,6,8-9H2/t10-,12?,13?/m0/s1. The molecule has 1 heterocycles. The lowest BCUT2D eigenvalue weighted by Gasteiger charge is -2.15. The summed E-state index contributed by atoms with van der Waals surface area (Å²) >= 11 is 1.32. The normalized spacial score (nSPS) is 23.5. The third-order valence-corrected chi connectivity index (χ3v) is 5.29. The molecule has 2 N–H and O–H groups in total. The third kappa shape index (κ3) is 3.15. The smallest absolute Gasteiger partial charge is 0.219 e. The van der Waals surface area contributed by atoms with Crippen LogP contribution in [0.15, 0.2) is 24.3 Å². The molecule has 0 spiro atoms. The first kappa shape index (κ1) is 14.6. The van der Waals surface area contributed by atoms with E-state index >= 15 is 0 Å². The number of aliphatic hydroxyl groups is 2. The molecule has 4 nitrogen and oxygen atoms in total. The zero-order chi connectivity index (χ0) is 14.8. The zero-order valence-electron chi connectivity index (χ0n) is 11.7. The predicted molar refractivity (Wildman–Crippen MR) is 82.5 cm³/mol. The molecule has 0 aliphatic heterocycles. The molecule has 1 saturated carbocycles. The van der Waals surface area contributed by atoms with E-state index < -0.39 is 6.10 Å². The van der Waals surface area contributed by atoms with Gasteiger partial charge >= 0.3 is 0 Å². The molecule has 5 heteroatoms. The molecule has 1 aliphatic carbocycles. The van der Waals surface area contributed by atoms with Gasteiger partial charge in [-0.15, -0.1) is 11.3 Å². The number of thiazole rings is 1. The number of hydrogen-bond donors (Lipinski definition) is 2. The van der Waals surface area contributed by atoms with Crippen LogP contribution < -0.4 is 0 Å². The molecule has 1 aromatic carbocycles. The van der Waals surface area contributed by atoms with Crippen molar-refractivity contribution >= 4 is 27.3 Å². The molecule has 3 atom stereocenters. The summed E-state index contributed by atoms with van der Waals surface area (Å²) in [4.78, 5) is 16.5. The van der Waals surface area contributed by atoms with Gasteiger partial charge in [0.15, 0.2) is 5.01 Å². The fourth-order valence-corrected chi connectivity index (χ4v) is 3.93. The number of hydrogen-bond acceptors (Lipinski definition) is 5. The summed E-state index contributed by atoms with van der Waals surface area (Å²) in [6, 6.07) is 7.58. The zero-order valence-corrected chi connectivity index (χ0v) is 12.6. The number of rotatable bonds is 5. The minimum Gasteiger partial charge on any atom is -0.393 e. The van der Waals surface area contributed by atoms with Gasteiger partial charge in [0.25, 0.3) is 0 Å². The Morgan fingerprint density at radius 3 is 2.90 bits per heavy atom. The Labute approximate surface area is 127 Å². The number of para-hydroxylation sites is 1. The lowest BCUT2D eigenvalue weighted by atomic mass is 9.96. The van der Waals surface area contributed by atoms with Crippen molar-refractivity contribution in [1.29, 1.82) is 0 Å². The summed E-state index contributed by atoms with van der Waals surface area (Å²) in [6.45, 7) is 0. The maximum absolute atomic E-state index is 12.2. The number of carbonyl (C=O) groups is 1. The van der Waals surface area contributed by atoms with Crippen molar-refractivity contribution in [2.24, 2.45) is 5.92 Å². The van der Waals surface area contributed by atoms with E-state index in [1.807, 2.05) is 24.3 Å². The Bertz CT molecular complexity index is 606. The van der Waals surface area contributed by atoms with Gasteiger partial charge in [-0.05, 0) is 43.7 Å². The largest absolute Gasteiger partial charge is 0.393 e. The maximum atomic E-state index is 12.2. The Hall–Kier alpha value is -1.30. The van der Waals surface area contributed by atoms with Gasteiger partial charge in [-0.1, -0.05) is 18.6 Å². The van der Waals surface area contributed by atoms with E-state index in [0.29, 0.717) is 17.8 Å². The molecule has 0 bridgehead atoms. The molecule has 21 heavy (non-hydrogen) atoms.